The highest BCUT2D eigenvalue weighted by atomic mass is 19.2. The summed E-state index contributed by atoms with van der Waals surface area (Å²) in [6.45, 7) is 8.14. The van der Waals surface area contributed by atoms with Crippen molar-refractivity contribution >= 4 is 18.1 Å². The van der Waals surface area contributed by atoms with Crippen LogP contribution in [0.5, 0.6) is 0 Å². The zero-order chi connectivity index (χ0) is 23.4. The van der Waals surface area contributed by atoms with Gasteiger partial charge in [0, 0.05) is 0 Å². The number of aliphatic imine (C=N–C) groups is 1. The van der Waals surface area contributed by atoms with Crippen LogP contribution < -0.4 is 10.6 Å². The van der Waals surface area contributed by atoms with Crippen LogP contribution in [-0.4, -0.2) is 29.3 Å². The lowest BCUT2D eigenvalue weighted by molar-refractivity contribution is 0.0545. The zero-order valence-electron chi connectivity index (χ0n) is 17.2. The number of amides is 2. The first kappa shape index (κ1) is 25.1. The fraction of sp³-hybridized carbons (Fsp3) is 0.500. The van der Waals surface area contributed by atoms with Gasteiger partial charge in [0.05, 0.1) is 12.1 Å². The zero-order valence-corrected chi connectivity index (χ0v) is 17.2. The van der Waals surface area contributed by atoms with E-state index in [1.807, 2.05) is 10.6 Å². The van der Waals surface area contributed by atoms with Gasteiger partial charge in [-0.15, -0.1) is 0 Å². The molecule has 0 atom stereocenters. The Kier molecular flexibility index (Phi) is 7.76. The van der Waals surface area contributed by atoms with Crippen molar-refractivity contribution in [3.05, 3.63) is 34.6 Å². The number of guanidine groups is 1. The fourth-order valence-corrected chi connectivity index (χ4v) is 1.86. The molecule has 7 nitrogen and oxygen atoms in total. The van der Waals surface area contributed by atoms with Crippen LogP contribution in [0.25, 0.3) is 0 Å². The number of nitrogens with one attached hydrogen (secondary N) is 2. The van der Waals surface area contributed by atoms with Crippen molar-refractivity contribution in [2.45, 2.75) is 59.3 Å². The summed E-state index contributed by atoms with van der Waals surface area (Å²) in [5.41, 5.74) is -3.15. The molecule has 0 aliphatic rings. The summed E-state index contributed by atoms with van der Waals surface area (Å²) in [5.74, 6) is -11.5. The minimum Gasteiger partial charge on any atom is -0.444 e. The normalized spacial score (nSPS) is 11.6. The molecule has 1 aromatic carbocycles. The summed E-state index contributed by atoms with van der Waals surface area (Å²) in [4.78, 5) is 27.3. The molecule has 0 heterocycles. The van der Waals surface area contributed by atoms with Crippen LogP contribution in [0.15, 0.2) is 4.99 Å². The van der Waals surface area contributed by atoms with Crippen molar-refractivity contribution in [3.63, 3.8) is 0 Å². The molecule has 1 rings (SSSR count). The van der Waals surface area contributed by atoms with Gasteiger partial charge in [-0.2, -0.15) is 0 Å². The average molecular weight is 439 g/mol. The second kappa shape index (κ2) is 9.26. The van der Waals surface area contributed by atoms with E-state index in [9.17, 15) is 31.5 Å². The van der Waals surface area contributed by atoms with E-state index in [0.29, 0.717) is 0 Å². The molecule has 0 radical (unpaired) electrons. The molecule has 0 unspecified atom stereocenters. The Morgan fingerprint density at radius 1 is 0.733 bits per heavy atom. The Hall–Kier alpha value is -2.92. The lowest BCUT2D eigenvalue weighted by Gasteiger charge is -2.22. The van der Waals surface area contributed by atoms with Gasteiger partial charge in [-0.25, -0.2) is 36.5 Å². The summed E-state index contributed by atoms with van der Waals surface area (Å²) in [7, 11) is 0. The number of carbonyl (C=O) groups excluding carboxylic acids is 2. The third kappa shape index (κ3) is 7.48. The summed E-state index contributed by atoms with van der Waals surface area (Å²) >= 11 is 0. The van der Waals surface area contributed by atoms with Crippen molar-refractivity contribution in [2.24, 2.45) is 4.99 Å². The largest absolute Gasteiger partial charge is 0.444 e. The van der Waals surface area contributed by atoms with Gasteiger partial charge in [-0.05, 0) is 41.5 Å². The molecule has 0 saturated heterocycles. The number of hydrogen-bond donors (Lipinski definition) is 2. The first-order chi connectivity index (χ1) is 13.5. The smallest absolute Gasteiger partial charge is 0.414 e. The Morgan fingerprint density at radius 3 is 1.40 bits per heavy atom. The van der Waals surface area contributed by atoms with E-state index in [1.54, 1.807) is 41.5 Å². The molecule has 0 saturated carbocycles. The number of hydrogen-bond acceptors (Lipinski definition) is 5. The number of alkyl carbamates (subject to hydrolysis) is 2. The summed E-state index contributed by atoms with van der Waals surface area (Å²) in [6, 6.07) is 0. The van der Waals surface area contributed by atoms with Gasteiger partial charge in [0.25, 0.3) is 0 Å². The van der Waals surface area contributed by atoms with Crippen molar-refractivity contribution in [2.75, 3.05) is 0 Å². The summed E-state index contributed by atoms with van der Waals surface area (Å²) in [6.07, 6.45) is -2.20. The van der Waals surface area contributed by atoms with Crippen LogP contribution in [0.4, 0.5) is 31.5 Å². The molecule has 168 valence electrons. The predicted molar refractivity (Wildman–Crippen MR) is 96.1 cm³/mol. The van der Waals surface area contributed by atoms with Crippen molar-refractivity contribution in [1.29, 1.82) is 0 Å². The molecule has 0 bridgehead atoms. The Balaban J connectivity index is 3.20. The number of halogens is 5. The highest BCUT2D eigenvalue weighted by Gasteiger charge is 2.26. The van der Waals surface area contributed by atoms with E-state index in [0.717, 1.165) is 0 Å². The van der Waals surface area contributed by atoms with Gasteiger partial charge < -0.3 is 9.47 Å². The SMILES string of the molecule is CC(C)(C)OC(=O)NC(=NCc1c(F)c(F)c(F)c(F)c1F)NC(=O)OC(C)(C)C. The highest BCUT2D eigenvalue weighted by molar-refractivity contribution is 6.01. The van der Waals surface area contributed by atoms with Crippen LogP contribution in [0.1, 0.15) is 47.1 Å². The number of benzene rings is 1. The van der Waals surface area contributed by atoms with Gasteiger partial charge in [-0.3, -0.25) is 10.6 Å². The first-order valence-electron chi connectivity index (χ1n) is 8.56. The van der Waals surface area contributed by atoms with Gasteiger partial charge >= 0.3 is 12.2 Å². The topological polar surface area (TPSA) is 89.0 Å². The van der Waals surface area contributed by atoms with Gasteiger partial charge in [0.2, 0.25) is 11.8 Å². The van der Waals surface area contributed by atoms with E-state index < -0.39 is 70.5 Å². The second-order valence-corrected chi connectivity index (χ2v) is 7.97. The number of ether oxygens (including phenoxy) is 2. The maximum atomic E-state index is 13.8. The van der Waals surface area contributed by atoms with Gasteiger partial charge in [0.15, 0.2) is 23.3 Å². The molecule has 2 N–H and O–H groups in total. The van der Waals surface area contributed by atoms with Crippen LogP contribution in [-0.2, 0) is 16.0 Å². The van der Waals surface area contributed by atoms with Crippen molar-refractivity contribution in [1.82, 2.24) is 10.6 Å². The molecule has 2 amide bonds. The standard InChI is InChI=1S/C18H22F5N3O4/c1-17(2,3)29-15(27)25-14(26-16(28)30-18(4,5)6)24-7-8-9(19)11(21)13(23)12(22)10(8)20/h7H2,1-6H3,(H2,24,25,26,27,28). The molecule has 0 aliphatic heterocycles. The summed E-state index contributed by atoms with van der Waals surface area (Å²) in [5, 5.41) is 4.02. The average Bonchev–Trinajstić information content (AvgIpc) is 2.54. The van der Waals surface area contributed by atoms with Crippen LogP contribution in [0.3, 0.4) is 0 Å². The van der Waals surface area contributed by atoms with Crippen molar-refractivity contribution in [3.8, 4) is 0 Å². The van der Waals surface area contributed by atoms with E-state index in [2.05, 4.69) is 4.99 Å². The van der Waals surface area contributed by atoms with Gasteiger partial charge in [0.1, 0.15) is 11.2 Å². The molecular weight excluding hydrogens is 417 g/mol. The van der Waals surface area contributed by atoms with E-state index >= 15 is 0 Å². The van der Waals surface area contributed by atoms with E-state index in [1.165, 1.54) is 0 Å². The molecule has 30 heavy (non-hydrogen) atoms. The fourth-order valence-electron chi connectivity index (χ4n) is 1.86. The highest BCUT2D eigenvalue weighted by Crippen LogP contribution is 2.23. The lowest BCUT2D eigenvalue weighted by atomic mass is 10.1. The minimum absolute atomic E-state index is 0.692. The number of rotatable bonds is 2. The number of nitrogens with zero attached hydrogens (tertiary/aromatic N) is 1. The molecular formula is C18H22F5N3O4. The van der Waals surface area contributed by atoms with Crippen LogP contribution in [0.2, 0.25) is 0 Å². The Bertz CT molecular complexity index is 800. The molecule has 0 spiro atoms. The first-order valence-corrected chi connectivity index (χ1v) is 8.56. The van der Waals surface area contributed by atoms with E-state index in [4.69, 9.17) is 9.47 Å². The van der Waals surface area contributed by atoms with Crippen LogP contribution >= 0.6 is 0 Å². The molecule has 1 aromatic rings. The quantitative estimate of drug-likeness (QED) is 0.237. The van der Waals surface area contributed by atoms with Gasteiger partial charge in [-0.1, -0.05) is 0 Å². The second-order valence-electron chi connectivity index (χ2n) is 7.97. The monoisotopic (exact) mass is 439 g/mol. The maximum absolute atomic E-state index is 13.8. The molecule has 0 fully saturated rings. The number of carbonyl (C=O) groups is 2. The van der Waals surface area contributed by atoms with Crippen LogP contribution in [0, 0.1) is 29.1 Å². The molecule has 12 heteroatoms. The minimum atomic E-state index is -2.32. The maximum Gasteiger partial charge on any atom is 0.414 e. The predicted octanol–water partition coefficient (Wildman–Crippen LogP) is 4.29. The molecule has 0 aliphatic carbocycles. The third-order valence-corrected chi connectivity index (χ3v) is 2.93. The van der Waals surface area contributed by atoms with E-state index in [-0.39, 0.29) is 0 Å². The van der Waals surface area contributed by atoms with Crippen molar-refractivity contribution < 1.29 is 41.0 Å². The Morgan fingerprint density at radius 2 is 1.07 bits per heavy atom. The lowest BCUT2D eigenvalue weighted by Crippen LogP contribution is -2.47. The molecule has 0 aromatic heterocycles. The Labute approximate surface area is 169 Å². The summed E-state index contributed by atoms with van der Waals surface area (Å²) < 4.78 is 77.3. The third-order valence-electron chi connectivity index (χ3n) is 2.93.